The first-order valence-electron chi connectivity index (χ1n) is 7.73. The molecule has 3 nitrogen and oxygen atoms in total. The van der Waals surface area contributed by atoms with Crippen molar-refractivity contribution in [2.24, 2.45) is 0 Å². The minimum absolute atomic E-state index is 0.0276. The molecule has 0 amide bonds. The average molecular weight is 321 g/mol. The zero-order valence-electron chi connectivity index (χ0n) is 14.6. The van der Waals surface area contributed by atoms with E-state index in [4.69, 9.17) is 5.73 Å². The Morgan fingerprint density at radius 2 is 1.52 bits per heavy atom. The molecule has 0 fully saturated rings. The van der Waals surface area contributed by atoms with Crippen LogP contribution < -0.4 is 5.73 Å². The number of aromatic nitrogens is 2. The van der Waals surface area contributed by atoms with Gasteiger partial charge < -0.3 is 5.73 Å². The number of hydrogen-bond acceptors (Lipinski definition) is 3. The third-order valence-electron chi connectivity index (χ3n) is 3.44. The van der Waals surface area contributed by atoms with Crippen molar-refractivity contribution in [2.75, 3.05) is 5.73 Å². The topological polar surface area (TPSA) is 51.8 Å². The zero-order valence-corrected chi connectivity index (χ0v) is 14.6. The summed E-state index contributed by atoms with van der Waals surface area (Å²) in [7, 11) is 0. The van der Waals surface area contributed by atoms with Crippen molar-refractivity contribution in [3.05, 3.63) is 41.1 Å². The minimum Gasteiger partial charge on any atom is -0.383 e. The predicted octanol–water partition coefficient (Wildman–Crippen LogP) is 5.30. The number of nitrogen functional groups attached to an aromatic ring is 1. The van der Waals surface area contributed by atoms with Gasteiger partial charge in [0, 0.05) is 11.1 Å². The molecule has 0 saturated heterocycles. The highest BCUT2D eigenvalue weighted by molar-refractivity contribution is 5.59. The Balaban J connectivity index is 0.00000127. The maximum atomic E-state index is 13.0. The van der Waals surface area contributed by atoms with Crippen molar-refractivity contribution < 1.29 is 8.78 Å². The lowest BCUT2D eigenvalue weighted by atomic mass is 9.86. The number of benzene rings is 1. The van der Waals surface area contributed by atoms with E-state index in [0.29, 0.717) is 5.56 Å². The highest BCUT2D eigenvalue weighted by Gasteiger charge is 2.18. The van der Waals surface area contributed by atoms with Crippen LogP contribution in [0.4, 0.5) is 14.6 Å². The normalized spacial score (nSPS) is 11.2. The van der Waals surface area contributed by atoms with E-state index in [-0.39, 0.29) is 28.3 Å². The van der Waals surface area contributed by atoms with Gasteiger partial charge in [-0.2, -0.15) is 0 Å². The van der Waals surface area contributed by atoms with Crippen LogP contribution in [0, 0.1) is 6.92 Å². The van der Waals surface area contributed by atoms with E-state index >= 15 is 0 Å². The lowest BCUT2D eigenvalue weighted by molar-refractivity contribution is 0.145. The Morgan fingerprint density at radius 3 is 1.96 bits per heavy atom. The molecule has 0 atom stereocenters. The highest BCUT2D eigenvalue weighted by atomic mass is 19.3. The van der Waals surface area contributed by atoms with Gasteiger partial charge in [-0.15, -0.1) is 0 Å². The smallest absolute Gasteiger partial charge is 0.280 e. The molecule has 0 aliphatic heterocycles. The van der Waals surface area contributed by atoms with E-state index in [9.17, 15) is 8.78 Å². The third kappa shape index (κ3) is 4.47. The fraction of sp³-hybridized carbons (Fsp3) is 0.444. The molecule has 0 radical (unpaired) electrons. The van der Waals surface area contributed by atoms with Crippen LogP contribution in [-0.4, -0.2) is 9.97 Å². The summed E-state index contributed by atoms with van der Waals surface area (Å²) in [6, 6.07) is 7.58. The van der Waals surface area contributed by atoms with Gasteiger partial charge in [0.15, 0.2) is 5.82 Å². The predicted molar refractivity (Wildman–Crippen MR) is 91.6 cm³/mol. The SMILES string of the molecule is CC.Cc1c(N)nc(-c2ccc(C(C)(C)C)cc2)nc1C(F)F. The van der Waals surface area contributed by atoms with E-state index in [2.05, 4.69) is 30.7 Å². The number of halogens is 2. The van der Waals surface area contributed by atoms with Gasteiger partial charge in [-0.05, 0) is 17.9 Å². The van der Waals surface area contributed by atoms with Gasteiger partial charge in [0.05, 0.1) is 0 Å². The van der Waals surface area contributed by atoms with Crippen molar-refractivity contribution in [3.63, 3.8) is 0 Å². The molecule has 2 aromatic rings. The van der Waals surface area contributed by atoms with Crippen molar-refractivity contribution in [2.45, 2.75) is 53.4 Å². The quantitative estimate of drug-likeness (QED) is 0.817. The van der Waals surface area contributed by atoms with Crippen LogP contribution in [0.2, 0.25) is 0 Å². The molecule has 2 N–H and O–H groups in total. The molecule has 0 saturated carbocycles. The molecule has 23 heavy (non-hydrogen) atoms. The summed E-state index contributed by atoms with van der Waals surface area (Å²) in [5.74, 6) is 0.323. The van der Waals surface area contributed by atoms with Gasteiger partial charge in [0.1, 0.15) is 11.5 Å². The number of rotatable bonds is 2. The standard InChI is InChI=1S/C16H19F2N3.C2H6/c1-9-12(13(17)18)20-15(21-14(9)19)10-5-7-11(8-6-10)16(2,3)4;1-2/h5-8,13H,1-4H3,(H2,19,20,21);1-2H3. The number of alkyl halides is 2. The van der Waals surface area contributed by atoms with Gasteiger partial charge in [-0.3, -0.25) is 0 Å². The first-order valence-corrected chi connectivity index (χ1v) is 7.73. The summed E-state index contributed by atoms with van der Waals surface area (Å²) in [5, 5.41) is 0. The lowest BCUT2D eigenvalue weighted by Crippen LogP contribution is -2.10. The third-order valence-corrected chi connectivity index (χ3v) is 3.44. The maximum absolute atomic E-state index is 13.0. The summed E-state index contributed by atoms with van der Waals surface area (Å²) in [6.45, 7) is 11.8. The first-order chi connectivity index (χ1) is 10.7. The van der Waals surface area contributed by atoms with E-state index in [1.165, 1.54) is 6.92 Å². The summed E-state index contributed by atoms with van der Waals surface area (Å²) in [5.41, 5.74) is 7.50. The molecule has 126 valence electrons. The van der Waals surface area contributed by atoms with Crippen LogP contribution in [-0.2, 0) is 5.41 Å². The van der Waals surface area contributed by atoms with Crippen molar-refractivity contribution in [1.82, 2.24) is 9.97 Å². The Kier molecular flexibility index (Phi) is 6.19. The molecule has 0 spiro atoms. The van der Waals surface area contributed by atoms with Gasteiger partial charge in [-0.25, -0.2) is 18.7 Å². The molecule has 1 aromatic carbocycles. The van der Waals surface area contributed by atoms with Crippen LogP contribution in [0.1, 0.15) is 57.9 Å². The highest BCUT2D eigenvalue weighted by Crippen LogP contribution is 2.28. The lowest BCUT2D eigenvalue weighted by Gasteiger charge is -2.19. The molecule has 0 aliphatic rings. The van der Waals surface area contributed by atoms with Crippen LogP contribution >= 0.6 is 0 Å². The van der Waals surface area contributed by atoms with Gasteiger partial charge in [-0.1, -0.05) is 58.9 Å². The van der Waals surface area contributed by atoms with Crippen LogP contribution in [0.5, 0.6) is 0 Å². The monoisotopic (exact) mass is 321 g/mol. The largest absolute Gasteiger partial charge is 0.383 e. The Labute approximate surface area is 137 Å². The summed E-state index contributed by atoms with van der Waals surface area (Å²) < 4.78 is 26.0. The second kappa shape index (κ2) is 7.49. The van der Waals surface area contributed by atoms with E-state index < -0.39 is 6.43 Å². The fourth-order valence-corrected chi connectivity index (χ4v) is 2.01. The van der Waals surface area contributed by atoms with Gasteiger partial charge >= 0.3 is 0 Å². The Bertz CT molecular complexity index is 645. The molecule has 2 rings (SSSR count). The van der Waals surface area contributed by atoms with Crippen molar-refractivity contribution in [3.8, 4) is 11.4 Å². The Hall–Kier alpha value is -2.04. The molecule has 1 aromatic heterocycles. The molecular weight excluding hydrogens is 296 g/mol. The van der Waals surface area contributed by atoms with Crippen molar-refractivity contribution >= 4 is 5.82 Å². The van der Waals surface area contributed by atoms with E-state index in [0.717, 1.165) is 5.56 Å². The maximum Gasteiger partial charge on any atom is 0.280 e. The molecule has 0 unspecified atom stereocenters. The summed E-state index contributed by atoms with van der Waals surface area (Å²) >= 11 is 0. The molecule has 5 heteroatoms. The molecule has 1 heterocycles. The number of nitrogens with zero attached hydrogens (tertiary/aromatic N) is 2. The summed E-state index contributed by atoms with van der Waals surface area (Å²) in [4.78, 5) is 8.06. The molecular formula is C18H25F2N3. The number of nitrogens with two attached hydrogens (primary N) is 1. The average Bonchev–Trinajstić information content (AvgIpc) is 2.51. The summed E-state index contributed by atoms with van der Waals surface area (Å²) in [6.07, 6.45) is -2.66. The van der Waals surface area contributed by atoms with E-state index in [1.807, 2.05) is 38.1 Å². The van der Waals surface area contributed by atoms with Crippen LogP contribution in [0.3, 0.4) is 0 Å². The van der Waals surface area contributed by atoms with Gasteiger partial charge in [0.2, 0.25) is 0 Å². The zero-order chi connectivity index (χ0) is 17.8. The van der Waals surface area contributed by atoms with Crippen molar-refractivity contribution in [1.29, 1.82) is 0 Å². The van der Waals surface area contributed by atoms with Crippen LogP contribution in [0.25, 0.3) is 11.4 Å². The second-order valence-electron chi connectivity index (χ2n) is 6.07. The van der Waals surface area contributed by atoms with Gasteiger partial charge in [0.25, 0.3) is 6.43 Å². The second-order valence-corrected chi connectivity index (χ2v) is 6.07. The fourth-order valence-electron chi connectivity index (χ4n) is 2.01. The minimum atomic E-state index is -2.66. The molecule has 0 bridgehead atoms. The Morgan fingerprint density at radius 1 is 1.00 bits per heavy atom. The van der Waals surface area contributed by atoms with Crippen LogP contribution in [0.15, 0.2) is 24.3 Å². The van der Waals surface area contributed by atoms with E-state index in [1.54, 1.807) is 0 Å². The first kappa shape index (κ1) is 19.0. The number of anilines is 1. The number of hydrogen-bond donors (Lipinski definition) is 1. The molecule has 0 aliphatic carbocycles.